The van der Waals surface area contributed by atoms with Gasteiger partial charge in [-0.15, -0.1) is 0 Å². The van der Waals surface area contributed by atoms with E-state index in [-0.39, 0.29) is 90.5 Å². The highest BCUT2D eigenvalue weighted by atomic mass is 35.5. The largest absolute Gasteiger partial charge is 0.493 e. The monoisotopic (exact) mass is 2120 g/mol. The van der Waals surface area contributed by atoms with Crippen LogP contribution >= 0.6 is 90.0 Å². The maximum Gasteiger partial charge on any atom is 0.359 e. The number of halogens is 2. The summed E-state index contributed by atoms with van der Waals surface area (Å²) in [6.07, 6.45) is 3.61. The summed E-state index contributed by atoms with van der Waals surface area (Å²) in [5.41, 5.74) is 2.80. The minimum atomic E-state index is -4.40. The highest BCUT2D eigenvalue weighted by molar-refractivity contribution is 7.85. The number of esters is 2. The first kappa shape index (κ1) is 118. The smallest absolute Gasteiger partial charge is 0.359 e. The van der Waals surface area contributed by atoms with E-state index in [1.807, 2.05) is 134 Å². The predicted molar refractivity (Wildman–Crippen MR) is 548 cm³/mol. The molecule has 0 aliphatic rings. The zero-order valence-corrected chi connectivity index (χ0v) is 85.9. The molecule has 5 atom stereocenters. The molecule has 0 bridgehead atoms. The Hall–Kier alpha value is -10.2. The van der Waals surface area contributed by atoms with Gasteiger partial charge in [0, 0.05) is 79.0 Å². The molecule has 12 rings (SSSR count). The van der Waals surface area contributed by atoms with Crippen molar-refractivity contribution < 1.29 is 143 Å². The van der Waals surface area contributed by atoms with Gasteiger partial charge in [0.25, 0.3) is 0 Å². The van der Waals surface area contributed by atoms with E-state index in [9.17, 15) is 89.6 Å². The number of carboxylic acid groups (broad SMARTS) is 1. The number of rotatable bonds is 35. The Labute approximate surface area is 815 Å². The maximum absolute atomic E-state index is 14.7. The summed E-state index contributed by atoms with van der Waals surface area (Å²) in [6, 6.07) is 88.0. The van der Waals surface area contributed by atoms with Gasteiger partial charge in [-0.3, -0.25) is 51.0 Å². The average molecular weight is 2120 g/mol. The second kappa shape index (κ2) is 55.9. The van der Waals surface area contributed by atoms with Crippen molar-refractivity contribution in [1.82, 2.24) is 4.90 Å². The lowest BCUT2D eigenvalue weighted by atomic mass is 10.1. The molecule has 0 heterocycles. The number of carboxylic acids is 1. The van der Waals surface area contributed by atoms with Crippen molar-refractivity contribution in [2.45, 2.75) is 39.5 Å². The highest BCUT2D eigenvalue weighted by Gasteiger charge is 2.34. The molecule has 0 saturated carbocycles. The summed E-state index contributed by atoms with van der Waals surface area (Å²) >= 11 is 11.9. The van der Waals surface area contributed by atoms with Crippen molar-refractivity contribution >= 4 is 173 Å². The molecule has 13 N–H and O–H groups in total. The van der Waals surface area contributed by atoms with Gasteiger partial charge in [-0.1, -0.05) is 236 Å². The van der Waals surface area contributed by atoms with Crippen LogP contribution in [0.3, 0.4) is 0 Å². The molecule has 12 aromatic rings. The molecule has 5 unspecified atom stereocenters. The van der Waals surface area contributed by atoms with Gasteiger partial charge in [0.05, 0.1) is 70.0 Å². The van der Waals surface area contributed by atoms with Crippen molar-refractivity contribution in [1.29, 1.82) is 0 Å². The summed E-state index contributed by atoms with van der Waals surface area (Å²) in [5.74, 6) is -0.539. The van der Waals surface area contributed by atoms with Gasteiger partial charge < -0.3 is 92.5 Å². The molecular weight excluding hydrogens is 2010 g/mol. The van der Waals surface area contributed by atoms with Crippen LogP contribution in [0.1, 0.15) is 65.0 Å². The summed E-state index contributed by atoms with van der Waals surface area (Å²) < 4.78 is 133. The van der Waals surface area contributed by atoms with Crippen molar-refractivity contribution in [3.8, 4) is 28.7 Å². The summed E-state index contributed by atoms with van der Waals surface area (Å²) in [7, 11) is -32.9. The van der Waals surface area contributed by atoms with Crippen LogP contribution in [0.25, 0.3) is 6.08 Å². The number of para-hydroxylation sites is 6. The molecule has 0 radical (unpaired) electrons. The van der Waals surface area contributed by atoms with Gasteiger partial charge in [-0.2, -0.15) is 0 Å². The van der Waals surface area contributed by atoms with E-state index in [1.165, 1.54) is 100 Å². The molecule has 12 aromatic carbocycles. The Bertz CT molecular complexity index is 6420. The highest BCUT2D eigenvalue weighted by Crippen LogP contribution is 2.47. The first-order valence-electron chi connectivity index (χ1n) is 42.0. The van der Waals surface area contributed by atoms with Crippen LogP contribution < -0.4 is 76.7 Å². The molecule has 0 aliphatic heterocycles. The first-order valence-corrected chi connectivity index (χ1v) is 60.1. The van der Waals surface area contributed by atoms with E-state index in [0.29, 0.717) is 42.8 Å². The number of aliphatic carboxylic acids is 1. The lowest BCUT2D eigenvalue weighted by Crippen LogP contribution is -2.34. The number of hydrogen-bond donors (Lipinski definition) is 13. The van der Waals surface area contributed by atoms with E-state index in [0.717, 1.165) is 57.1 Å². The average Bonchev–Trinajstić information content (AvgIpc) is 0.757. The van der Waals surface area contributed by atoms with Crippen LogP contribution in [-0.4, -0.2) is 167 Å². The van der Waals surface area contributed by atoms with Crippen molar-refractivity contribution in [2.24, 2.45) is 0 Å². The molecule has 0 amide bonds. The summed E-state index contributed by atoms with van der Waals surface area (Å²) in [6.45, 7) is 10.1. The SMILES string of the molecule is CC(=O)CN(CC(=O)O)CP(=O)(O)O.CCCOc1ccccc1P(=O)(O)O.CP(=O)(O)/C=C/c1ccccc1.CP(=O)(O)c1cccc(Cl)c1C(=O)Oc1ccccc1.CP(=O)(O)c1ccccc1CCCNc1ccccc1P(=O)(c1ccccc1)c1ccccc1.CP(=O)(O)c1ccccc1OC(=O)c1ccccc1Cl.CP(=O)(O)c1ccccc1OCCCOc1ccccc1P(=O)(O)O. The molecule has 0 saturated heterocycles. The van der Waals surface area contributed by atoms with Crippen molar-refractivity contribution in [2.75, 3.05) is 84.4 Å². The number of Topliss-reactive ketones (excluding diaryl/α,β-unsaturated/α-hetero) is 1. The number of ketones is 1. The van der Waals surface area contributed by atoms with Crippen LogP contribution in [0.2, 0.25) is 10.0 Å². The van der Waals surface area contributed by atoms with Crippen LogP contribution in [0.15, 0.2) is 315 Å². The Morgan fingerprint density at radius 2 is 0.777 bits per heavy atom. The second-order valence-electron chi connectivity index (χ2n) is 30.6. The van der Waals surface area contributed by atoms with E-state index in [1.54, 1.807) is 127 Å². The Kier molecular flexibility index (Phi) is 47.3. The topological polar surface area (TPSA) is 526 Å². The van der Waals surface area contributed by atoms with Crippen LogP contribution in [0.5, 0.6) is 28.7 Å². The number of ether oxygens (including phenoxy) is 5. The molecule has 742 valence electrons. The van der Waals surface area contributed by atoms with Gasteiger partial charge in [0.2, 0.25) is 36.8 Å². The van der Waals surface area contributed by atoms with E-state index in [2.05, 4.69) is 5.32 Å². The molecule has 139 heavy (non-hydrogen) atoms. The predicted octanol–water partition coefficient (Wildman–Crippen LogP) is 15.9. The number of aryl methyl sites for hydroxylation is 1. The Balaban J connectivity index is 0.000000256. The van der Waals surface area contributed by atoms with Crippen LogP contribution in [0.4, 0.5) is 5.69 Å². The molecule has 0 fully saturated rings. The zero-order valence-electron chi connectivity index (χ0n) is 76.3. The third-order valence-electron chi connectivity index (χ3n) is 18.5. The third kappa shape index (κ3) is 41.5. The van der Waals surface area contributed by atoms with Gasteiger partial charge in [0.15, 0.2) is 7.14 Å². The molecule has 0 aromatic heterocycles. The van der Waals surface area contributed by atoms with Crippen LogP contribution in [-0.2, 0) is 57.1 Å². The fraction of sp³-hybridized carbons (Fsp3) is 0.188. The summed E-state index contributed by atoms with van der Waals surface area (Å²) in [5, 5.41) is 15.2. The normalized spacial score (nSPS) is 13.4. The minimum absolute atomic E-state index is 0.00840. The third-order valence-corrected chi connectivity index (χ3v) is 30.9. The zero-order chi connectivity index (χ0) is 103. The molecular formula is C96H109Cl2N2O30P9. The molecule has 0 aliphatic carbocycles. The number of nitrogens with one attached hydrogen (secondary N) is 1. The Morgan fingerprint density at radius 3 is 1.23 bits per heavy atom. The maximum atomic E-state index is 14.7. The molecule has 0 spiro atoms. The quantitative estimate of drug-likeness (QED) is 0.00759. The fourth-order valence-corrected chi connectivity index (χ4v) is 22.3. The lowest BCUT2D eigenvalue weighted by Gasteiger charge is -2.23. The van der Waals surface area contributed by atoms with Gasteiger partial charge in [-0.25, -0.2) is 9.59 Å². The number of hydrogen-bond acceptors (Lipinski definition) is 20. The molecule has 43 heteroatoms. The van der Waals surface area contributed by atoms with Crippen LogP contribution in [0, 0.1) is 0 Å². The number of anilines is 1. The lowest BCUT2D eigenvalue weighted by molar-refractivity contribution is -0.138. The van der Waals surface area contributed by atoms with Gasteiger partial charge in [0.1, 0.15) is 51.4 Å². The van der Waals surface area contributed by atoms with E-state index >= 15 is 0 Å². The summed E-state index contributed by atoms with van der Waals surface area (Å²) in [4.78, 5) is 148. The second-order valence-corrected chi connectivity index (χ2v) is 50.0. The van der Waals surface area contributed by atoms with Crippen molar-refractivity contribution in [3.63, 3.8) is 0 Å². The van der Waals surface area contributed by atoms with E-state index in [4.69, 9.17) is 76.5 Å². The standard InChI is InChI=1S/C28H29NO3P2.C16H20O7P2.2C14H12ClO4P.C9H13O4P.C9H11O2P.C6H12NO6P/c1-33(30,31)27-20-10-8-13-23(27)14-12-22-29-26-19-9-11-21-28(26)34(32,24-15-4-2-5-16-24)25-17-6-3-7-18-25;1-24(17,18)15-9-4-2-7-13(15)22-11-6-12-23-14-8-3-5-10-16(14)25(19,20)21;1-20(17,18)13-9-5-4-8-12(13)19-14(16)10-6-2-3-7-11(10)15;1-20(17,18)12-9-5-8-11(15)13(12)14(16)19-10-6-3-2-4-7-10;1-2-7-13-8-5-3-4-6-9(8)14(10,11)12;1-12(10,11)8-7-9-5-3-2-4-6-9;1-5(8)2-7(3-6(9)10)4-14(11,12)13/h2-11,13,15-21,29H,12,14,22H2,1H3,(H,30,31);2-5,7-10H,6,11-12H2,1H3,(H,17,18)(H2,19,20,21);2*2-9H,1H3,(H,17,18);3-6H,2,7H2,1H3,(H2,10,11,12);2-8H,1H3,(H,10,11);2-4H2,1H3,(H,9,10)(H2,11,12,13)/b;;;;;8-7+;. The van der Waals surface area contributed by atoms with Gasteiger partial charge in [-0.05, 0) is 147 Å². The number of carbonyl (C=O) groups is 4. The number of benzene rings is 12. The van der Waals surface area contributed by atoms with Crippen molar-refractivity contribution in [3.05, 3.63) is 348 Å². The number of carbonyl (C=O) groups excluding carboxylic acids is 3. The molecule has 32 nitrogen and oxygen atoms in total. The number of nitrogens with zero attached hydrogens (tertiary/aromatic N) is 1. The Morgan fingerprint density at radius 1 is 0.388 bits per heavy atom. The minimum Gasteiger partial charge on any atom is -0.493 e. The first-order chi connectivity index (χ1) is 65.2. The van der Waals surface area contributed by atoms with Gasteiger partial charge >= 0.3 is 40.7 Å². The fourth-order valence-electron chi connectivity index (χ4n) is 12.5. The van der Waals surface area contributed by atoms with E-state index < -0.39 is 97.5 Å².